The summed E-state index contributed by atoms with van der Waals surface area (Å²) >= 11 is 6.79. The van der Waals surface area contributed by atoms with Gasteiger partial charge in [-0.05, 0) is 22.4 Å². The highest BCUT2D eigenvalue weighted by molar-refractivity contribution is 6.31. The summed E-state index contributed by atoms with van der Waals surface area (Å²) in [4.78, 5) is 12.7. The molecule has 0 aliphatic carbocycles. The molecule has 0 atom stereocenters. The molecule has 0 radical (unpaired) electrons. The van der Waals surface area contributed by atoms with E-state index in [4.69, 9.17) is 16.7 Å². The highest BCUT2D eigenvalue weighted by Crippen LogP contribution is 2.42. The van der Waals surface area contributed by atoms with E-state index in [0.29, 0.717) is 16.4 Å². The van der Waals surface area contributed by atoms with Crippen molar-refractivity contribution < 1.29 is 4.79 Å². The number of aldehydes is 1. The van der Waals surface area contributed by atoms with E-state index in [0.717, 1.165) is 28.5 Å². The number of benzene rings is 4. The van der Waals surface area contributed by atoms with Crippen LogP contribution < -0.4 is 0 Å². The van der Waals surface area contributed by atoms with Crippen molar-refractivity contribution in [3.05, 3.63) is 136 Å². The number of aromatic nitrogens is 4. The Kier molecular flexibility index (Phi) is 5.55. The van der Waals surface area contributed by atoms with Gasteiger partial charge in [-0.25, -0.2) is 0 Å². The van der Waals surface area contributed by atoms with Crippen LogP contribution in [0.4, 0.5) is 0 Å². The molecule has 0 amide bonds. The van der Waals surface area contributed by atoms with Crippen molar-refractivity contribution in [3.63, 3.8) is 0 Å². The second kappa shape index (κ2) is 8.81. The van der Waals surface area contributed by atoms with E-state index in [9.17, 15) is 4.79 Å². The van der Waals surface area contributed by atoms with Crippen LogP contribution in [0.25, 0.3) is 11.4 Å². The van der Waals surface area contributed by atoms with Crippen LogP contribution >= 0.6 is 11.6 Å². The number of tetrazole rings is 1. The van der Waals surface area contributed by atoms with Crippen molar-refractivity contribution >= 4 is 17.9 Å². The maximum Gasteiger partial charge on any atom is 0.204 e. The zero-order valence-electron chi connectivity index (χ0n) is 17.5. The third-order valence-electron chi connectivity index (χ3n) is 5.67. The van der Waals surface area contributed by atoms with Gasteiger partial charge in [0, 0.05) is 21.7 Å². The summed E-state index contributed by atoms with van der Waals surface area (Å²) in [5.41, 5.74) is 3.14. The Balaban J connectivity index is 1.80. The molecule has 0 aliphatic heterocycles. The molecule has 0 bridgehead atoms. The molecule has 0 N–H and O–H groups in total. The summed E-state index contributed by atoms with van der Waals surface area (Å²) in [6, 6.07) is 34.9. The Labute approximate surface area is 196 Å². The van der Waals surface area contributed by atoms with Gasteiger partial charge in [0.1, 0.15) is 6.29 Å². The number of carbonyl (C=O) groups excluding carboxylic acids is 1. The van der Waals surface area contributed by atoms with Gasteiger partial charge in [-0.1, -0.05) is 115 Å². The normalized spacial score (nSPS) is 11.3. The van der Waals surface area contributed by atoms with Gasteiger partial charge in [-0.15, -0.1) is 15.0 Å². The molecule has 0 aliphatic rings. The number of hydrogen-bond donors (Lipinski definition) is 0. The van der Waals surface area contributed by atoms with Gasteiger partial charge >= 0.3 is 0 Å². The lowest BCUT2D eigenvalue weighted by Gasteiger charge is -2.34. The molecule has 1 heterocycles. The van der Waals surface area contributed by atoms with Crippen LogP contribution in [0.3, 0.4) is 0 Å². The fourth-order valence-corrected chi connectivity index (χ4v) is 4.38. The lowest BCUT2D eigenvalue weighted by molar-refractivity contribution is 0.112. The maximum absolute atomic E-state index is 11.0. The van der Waals surface area contributed by atoms with Crippen molar-refractivity contribution in [1.82, 2.24) is 20.2 Å². The lowest BCUT2D eigenvalue weighted by atomic mass is 9.77. The minimum Gasteiger partial charge on any atom is -0.298 e. The molecule has 5 aromatic rings. The molecular weight excluding hydrogens is 432 g/mol. The molecule has 33 heavy (non-hydrogen) atoms. The molecule has 0 saturated carbocycles. The van der Waals surface area contributed by atoms with Crippen LogP contribution in [-0.4, -0.2) is 26.5 Å². The first-order valence-corrected chi connectivity index (χ1v) is 10.8. The monoisotopic (exact) mass is 450 g/mol. The molecule has 1 aromatic heterocycles. The van der Waals surface area contributed by atoms with Gasteiger partial charge in [0.25, 0.3) is 0 Å². The summed E-state index contributed by atoms with van der Waals surface area (Å²) in [6.45, 7) is 0. The first-order chi connectivity index (χ1) is 16.2. The Bertz CT molecular complexity index is 1340. The van der Waals surface area contributed by atoms with E-state index in [1.165, 1.54) is 0 Å². The topological polar surface area (TPSA) is 60.7 Å². The fourth-order valence-electron chi connectivity index (χ4n) is 4.11. The summed E-state index contributed by atoms with van der Waals surface area (Å²) in [5.74, 6) is 0.454. The minimum atomic E-state index is -0.950. The molecule has 160 valence electrons. The van der Waals surface area contributed by atoms with Gasteiger partial charge < -0.3 is 0 Å². The largest absolute Gasteiger partial charge is 0.298 e. The highest BCUT2D eigenvalue weighted by atomic mass is 35.5. The SMILES string of the molecule is O=Cc1ccc(-c2nnn(C(c3ccccc3)(c3ccccc3)c3ccccc3Cl)n2)cc1. The van der Waals surface area contributed by atoms with Crippen molar-refractivity contribution in [2.75, 3.05) is 0 Å². The van der Waals surface area contributed by atoms with E-state index in [2.05, 4.69) is 10.3 Å². The number of hydrogen-bond acceptors (Lipinski definition) is 4. The zero-order valence-corrected chi connectivity index (χ0v) is 18.3. The molecule has 6 heteroatoms. The van der Waals surface area contributed by atoms with Crippen molar-refractivity contribution in [1.29, 1.82) is 0 Å². The fraction of sp³-hybridized carbons (Fsp3) is 0.0370. The summed E-state index contributed by atoms with van der Waals surface area (Å²) in [7, 11) is 0. The summed E-state index contributed by atoms with van der Waals surface area (Å²) in [5, 5.41) is 14.3. The standard InChI is InChI=1S/C27H19ClN4O/c28-25-14-8-7-13-24(25)27(22-9-3-1-4-10-22,23-11-5-2-6-12-23)32-30-26(29-31-32)21-17-15-20(19-33)16-18-21/h1-19H. The number of nitrogens with zero attached hydrogens (tertiary/aromatic N) is 4. The van der Waals surface area contributed by atoms with E-state index in [1.807, 2.05) is 97.1 Å². The van der Waals surface area contributed by atoms with E-state index >= 15 is 0 Å². The maximum atomic E-state index is 11.0. The predicted molar refractivity (Wildman–Crippen MR) is 128 cm³/mol. The lowest BCUT2D eigenvalue weighted by Crippen LogP contribution is -2.40. The molecule has 0 saturated heterocycles. The average Bonchev–Trinajstić information content (AvgIpc) is 3.37. The number of carbonyl (C=O) groups is 1. The van der Waals surface area contributed by atoms with Crippen LogP contribution in [-0.2, 0) is 5.54 Å². The van der Waals surface area contributed by atoms with E-state index in [-0.39, 0.29) is 0 Å². The van der Waals surface area contributed by atoms with Crippen molar-refractivity contribution in [2.45, 2.75) is 5.54 Å². The van der Waals surface area contributed by atoms with Gasteiger partial charge in [0.2, 0.25) is 5.82 Å². The van der Waals surface area contributed by atoms with E-state index in [1.54, 1.807) is 16.9 Å². The van der Waals surface area contributed by atoms with Crippen LogP contribution in [0.15, 0.2) is 109 Å². The Morgan fingerprint density at radius 2 is 1.30 bits per heavy atom. The highest BCUT2D eigenvalue weighted by Gasteiger charge is 2.42. The molecule has 0 unspecified atom stereocenters. The van der Waals surface area contributed by atoms with Gasteiger partial charge in [0.15, 0.2) is 5.54 Å². The first kappa shape index (κ1) is 20.8. The third-order valence-corrected chi connectivity index (χ3v) is 5.99. The zero-order chi connectivity index (χ0) is 22.7. The second-order valence-corrected chi connectivity index (χ2v) is 7.97. The molecule has 5 rings (SSSR count). The second-order valence-electron chi connectivity index (χ2n) is 7.56. The van der Waals surface area contributed by atoms with Crippen LogP contribution in [0.2, 0.25) is 5.02 Å². The van der Waals surface area contributed by atoms with Crippen LogP contribution in [0.1, 0.15) is 27.0 Å². The molecule has 0 fully saturated rings. The number of halogens is 1. The van der Waals surface area contributed by atoms with Crippen LogP contribution in [0, 0.1) is 0 Å². The number of rotatable bonds is 6. The summed E-state index contributed by atoms with van der Waals surface area (Å²) in [6.07, 6.45) is 0.807. The summed E-state index contributed by atoms with van der Waals surface area (Å²) < 4.78 is 0. The molecule has 4 aromatic carbocycles. The van der Waals surface area contributed by atoms with Gasteiger partial charge in [0.05, 0.1) is 0 Å². The molecule has 0 spiro atoms. The Hall–Kier alpha value is -4.09. The Morgan fingerprint density at radius 3 is 1.88 bits per heavy atom. The van der Waals surface area contributed by atoms with Crippen LogP contribution in [0.5, 0.6) is 0 Å². The molecular formula is C27H19ClN4O. The minimum absolute atomic E-state index is 0.454. The Morgan fingerprint density at radius 1 is 0.727 bits per heavy atom. The third kappa shape index (κ3) is 3.62. The van der Waals surface area contributed by atoms with Gasteiger partial charge in [-0.3, -0.25) is 4.79 Å². The average molecular weight is 451 g/mol. The van der Waals surface area contributed by atoms with E-state index < -0.39 is 5.54 Å². The quantitative estimate of drug-likeness (QED) is 0.248. The predicted octanol–water partition coefficient (Wildman–Crippen LogP) is 5.65. The first-order valence-electron chi connectivity index (χ1n) is 10.5. The van der Waals surface area contributed by atoms with Gasteiger partial charge in [-0.2, -0.15) is 0 Å². The van der Waals surface area contributed by atoms with Crippen molar-refractivity contribution in [2.24, 2.45) is 0 Å². The smallest absolute Gasteiger partial charge is 0.204 e. The van der Waals surface area contributed by atoms with Crippen molar-refractivity contribution in [3.8, 4) is 11.4 Å². The molecule has 5 nitrogen and oxygen atoms in total.